The van der Waals surface area contributed by atoms with Gasteiger partial charge in [0, 0.05) is 38.9 Å². The normalized spacial score (nSPS) is 15.9. The second-order valence-electron chi connectivity index (χ2n) is 6.09. The van der Waals surface area contributed by atoms with E-state index in [1.807, 2.05) is 12.1 Å². The van der Waals surface area contributed by atoms with Crippen molar-refractivity contribution < 1.29 is 0 Å². The fourth-order valence-electron chi connectivity index (χ4n) is 3.03. The fourth-order valence-corrected chi connectivity index (χ4v) is 3.03. The zero-order valence-electron chi connectivity index (χ0n) is 13.6. The predicted octanol–water partition coefficient (Wildman–Crippen LogP) is 2.97. The molecule has 0 amide bonds. The molecule has 3 rings (SSSR count). The maximum absolute atomic E-state index is 9.26. The lowest BCUT2D eigenvalue weighted by molar-refractivity contribution is 0.285. The third-order valence-electron chi connectivity index (χ3n) is 4.32. The summed E-state index contributed by atoms with van der Waals surface area (Å²) < 4.78 is 0. The number of nitriles is 1. The van der Waals surface area contributed by atoms with Crippen LogP contribution in [0.15, 0.2) is 42.6 Å². The monoisotopic (exact) mass is 306 g/mol. The molecule has 23 heavy (non-hydrogen) atoms. The van der Waals surface area contributed by atoms with E-state index in [1.54, 1.807) is 6.20 Å². The number of benzene rings is 1. The molecule has 0 atom stereocenters. The number of anilines is 1. The van der Waals surface area contributed by atoms with Crippen molar-refractivity contribution in [2.75, 3.05) is 31.1 Å². The summed E-state index contributed by atoms with van der Waals surface area (Å²) in [7, 11) is 0. The minimum absolute atomic E-state index is 0.666. The van der Waals surface area contributed by atoms with Gasteiger partial charge in [-0.2, -0.15) is 5.26 Å². The smallest absolute Gasteiger partial charge is 0.146 e. The number of pyridine rings is 1. The summed E-state index contributed by atoms with van der Waals surface area (Å²) in [5.41, 5.74) is 3.33. The van der Waals surface area contributed by atoms with Crippen LogP contribution in [0.25, 0.3) is 0 Å². The molecule has 118 valence electrons. The average molecular weight is 306 g/mol. The van der Waals surface area contributed by atoms with Crippen molar-refractivity contribution in [1.29, 1.82) is 5.26 Å². The number of nitrogens with zero attached hydrogens (tertiary/aromatic N) is 4. The van der Waals surface area contributed by atoms with Gasteiger partial charge in [-0.15, -0.1) is 0 Å². The molecule has 1 aromatic carbocycles. The molecule has 0 spiro atoms. The molecule has 1 fully saturated rings. The maximum atomic E-state index is 9.26. The topological polar surface area (TPSA) is 43.2 Å². The van der Waals surface area contributed by atoms with Crippen LogP contribution in [0.1, 0.15) is 23.1 Å². The number of aryl methyl sites for hydroxylation is 1. The summed E-state index contributed by atoms with van der Waals surface area (Å²) in [6.45, 7) is 7.05. The fraction of sp³-hybridized carbons (Fsp3) is 0.368. The van der Waals surface area contributed by atoms with Crippen LogP contribution < -0.4 is 4.90 Å². The van der Waals surface area contributed by atoms with Gasteiger partial charge in [-0.05, 0) is 31.0 Å². The lowest BCUT2D eigenvalue weighted by atomic mass is 10.1. The van der Waals surface area contributed by atoms with Gasteiger partial charge in [-0.25, -0.2) is 4.98 Å². The van der Waals surface area contributed by atoms with Crippen LogP contribution in [-0.2, 0) is 6.54 Å². The molecule has 2 heterocycles. The Kier molecular flexibility index (Phi) is 4.89. The van der Waals surface area contributed by atoms with Crippen molar-refractivity contribution >= 4 is 5.82 Å². The van der Waals surface area contributed by atoms with Crippen molar-refractivity contribution in [3.05, 3.63) is 59.3 Å². The number of aromatic nitrogens is 1. The summed E-state index contributed by atoms with van der Waals surface area (Å²) in [5, 5.41) is 9.26. The summed E-state index contributed by atoms with van der Waals surface area (Å²) in [6, 6.07) is 14.7. The third kappa shape index (κ3) is 3.88. The summed E-state index contributed by atoms with van der Waals surface area (Å²) in [6.07, 6.45) is 2.86. The Morgan fingerprint density at radius 3 is 2.70 bits per heavy atom. The minimum Gasteiger partial charge on any atom is -0.354 e. The van der Waals surface area contributed by atoms with Crippen LogP contribution in [0.3, 0.4) is 0 Å². The molecule has 0 saturated carbocycles. The summed E-state index contributed by atoms with van der Waals surface area (Å²) >= 11 is 0. The Balaban J connectivity index is 1.65. The van der Waals surface area contributed by atoms with Crippen LogP contribution in [0, 0.1) is 18.3 Å². The largest absolute Gasteiger partial charge is 0.354 e. The van der Waals surface area contributed by atoms with Gasteiger partial charge in [0.15, 0.2) is 0 Å². The molecule has 1 aliphatic heterocycles. The Bertz CT molecular complexity index is 687. The summed E-state index contributed by atoms with van der Waals surface area (Å²) in [5.74, 6) is 0.826. The number of hydrogen-bond acceptors (Lipinski definition) is 4. The van der Waals surface area contributed by atoms with E-state index in [0.29, 0.717) is 5.56 Å². The van der Waals surface area contributed by atoms with Crippen LogP contribution in [0.5, 0.6) is 0 Å². The molecule has 0 aliphatic carbocycles. The van der Waals surface area contributed by atoms with Gasteiger partial charge in [0.1, 0.15) is 11.9 Å². The molecule has 4 nitrogen and oxygen atoms in total. The van der Waals surface area contributed by atoms with E-state index < -0.39 is 0 Å². The van der Waals surface area contributed by atoms with Crippen molar-refractivity contribution in [2.24, 2.45) is 0 Å². The van der Waals surface area contributed by atoms with Crippen LogP contribution in [-0.4, -0.2) is 36.1 Å². The van der Waals surface area contributed by atoms with E-state index in [9.17, 15) is 5.26 Å². The molecule has 1 aromatic heterocycles. The minimum atomic E-state index is 0.666. The van der Waals surface area contributed by atoms with Crippen molar-refractivity contribution in [3.63, 3.8) is 0 Å². The zero-order valence-corrected chi connectivity index (χ0v) is 13.6. The van der Waals surface area contributed by atoms with Crippen LogP contribution in [0.2, 0.25) is 0 Å². The van der Waals surface area contributed by atoms with Gasteiger partial charge < -0.3 is 4.90 Å². The Morgan fingerprint density at radius 1 is 1.09 bits per heavy atom. The second kappa shape index (κ2) is 7.26. The predicted molar refractivity (Wildman–Crippen MR) is 92.2 cm³/mol. The van der Waals surface area contributed by atoms with Gasteiger partial charge in [-0.3, -0.25) is 4.90 Å². The van der Waals surface area contributed by atoms with Crippen molar-refractivity contribution in [3.8, 4) is 6.07 Å². The quantitative estimate of drug-likeness (QED) is 0.874. The first kappa shape index (κ1) is 15.5. The zero-order chi connectivity index (χ0) is 16.1. The molecule has 0 unspecified atom stereocenters. The molecule has 2 aromatic rings. The molecule has 4 heteroatoms. The van der Waals surface area contributed by atoms with Crippen molar-refractivity contribution in [2.45, 2.75) is 19.9 Å². The second-order valence-corrected chi connectivity index (χ2v) is 6.09. The first-order chi connectivity index (χ1) is 11.3. The molecule has 0 radical (unpaired) electrons. The van der Waals surface area contributed by atoms with E-state index in [1.165, 1.54) is 11.1 Å². The highest BCUT2D eigenvalue weighted by molar-refractivity contribution is 5.53. The molecular formula is C19H22N4. The first-order valence-corrected chi connectivity index (χ1v) is 8.14. The Labute approximate surface area is 138 Å². The molecule has 0 bridgehead atoms. The lowest BCUT2D eigenvalue weighted by Crippen LogP contribution is -2.31. The SMILES string of the molecule is Cc1ccc(CN2CCCN(c3ncccc3C#N)CC2)cc1. The molecular weight excluding hydrogens is 284 g/mol. The van der Waals surface area contributed by atoms with E-state index >= 15 is 0 Å². The molecule has 0 N–H and O–H groups in total. The van der Waals surface area contributed by atoms with E-state index in [-0.39, 0.29) is 0 Å². The van der Waals surface area contributed by atoms with Gasteiger partial charge >= 0.3 is 0 Å². The van der Waals surface area contributed by atoms with E-state index in [4.69, 9.17) is 0 Å². The van der Waals surface area contributed by atoms with Gasteiger partial charge in [0.25, 0.3) is 0 Å². The van der Waals surface area contributed by atoms with Gasteiger partial charge in [0.05, 0.1) is 5.56 Å². The molecule has 1 saturated heterocycles. The Hall–Kier alpha value is -2.38. The maximum Gasteiger partial charge on any atom is 0.146 e. The van der Waals surface area contributed by atoms with E-state index in [0.717, 1.165) is 45.0 Å². The van der Waals surface area contributed by atoms with Crippen LogP contribution >= 0.6 is 0 Å². The lowest BCUT2D eigenvalue weighted by Gasteiger charge is -2.23. The van der Waals surface area contributed by atoms with Gasteiger partial charge in [0.2, 0.25) is 0 Å². The first-order valence-electron chi connectivity index (χ1n) is 8.14. The highest BCUT2D eigenvalue weighted by Gasteiger charge is 2.18. The van der Waals surface area contributed by atoms with E-state index in [2.05, 4.69) is 52.0 Å². The van der Waals surface area contributed by atoms with Crippen LogP contribution in [0.4, 0.5) is 5.82 Å². The van der Waals surface area contributed by atoms with Gasteiger partial charge in [-0.1, -0.05) is 29.8 Å². The highest BCUT2D eigenvalue weighted by Crippen LogP contribution is 2.19. The standard InChI is InChI=1S/C19H22N4/c1-16-5-7-17(8-6-16)15-22-10-3-11-23(13-12-22)19-18(14-20)4-2-9-21-19/h2,4-9H,3,10-13,15H2,1H3. The number of hydrogen-bond donors (Lipinski definition) is 0. The third-order valence-corrected chi connectivity index (χ3v) is 4.32. The van der Waals surface area contributed by atoms with Crippen molar-refractivity contribution in [1.82, 2.24) is 9.88 Å². The number of rotatable bonds is 3. The summed E-state index contributed by atoms with van der Waals surface area (Å²) in [4.78, 5) is 9.15. The Morgan fingerprint density at radius 2 is 1.91 bits per heavy atom. The highest BCUT2D eigenvalue weighted by atomic mass is 15.2. The average Bonchev–Trinajstić information content (AvgIpc) is 2.82. The molecule has 1 aliphatic rings.